The van der Waals surface area contributed by atoms with Crippen molar-refractivity contribution in [2.45, 2.75) is 32.7 Å². The normalized spacial score (nSPS) is 16.5. The van der Waals surface area contributed by atoms with Crippen LogP contribution in [0.4, 0.5) is 11.4 Å². The van der Waals surface area contributed by atoms with E-state index in [1.165, 1.54) is 4.90 Å². The van der Waals surface area contributed by atoms with Gasteiger partial charge >= 0.3 is 5.97 Å². The van der Waals surface area contributed by atoms with Gasteiger partial charge in [-0.25, -0.2) is 4.79 Å². The van der Waals surface area contributed by atoms with Crippen LogP contribution in [0.15, 0.2) is 24.3 Å². The Morgan fingerprint density at radius 2 is 2.15 bits per heavy atom. The molecule has 0 fully saturated rings. The van der Waals surface area contributed by atoms with Crippen LogP contribution in [0.1, 0.15) is 35.6 Å². The molecule has 0 saturated carbocycles. The van der Waals surface area contributed by atoms with Crippen LogP contribution in [0, 0.1) is 0 Å². The SMILES string of the molecule is CCc1nnsc1C(=O)OCC(=O)N1c2ccccc2NC(=O)C[C@@H]1C. The molecular weight excluding hydrogens is 356 g/mol. The summed E-state index contributed by atoms with van der Waals surface area (Å²) in [4.78, 5) is 38.7. The number of fused-ring (bicyclic) bond motifs is 1. The predicted molar refractivity (Wildman–Crippen MR) is 96.2 cm³/mol. The van der Waals surface area contributed by atoms with Gasteiger partial charge in [0.2, 0.25) is 5.91 Å². The number of hydrogen-bond acceptors (Lipinski definition) is 7. The van der Waals surface area contributed by atoms with Gasteiger partial charge in [0.15, 0.2) is 11.5 Å². The Morgan fingerprint density at radius 1 is 1.38 bits per heavy atom. The number of nitrogens with one attached hydrogen (secondary N) is 1. The molecule has 8 nitrogen and oxygen atoms in total. The van der Waals surface area contributed by atoms with Gasteiger partial charge in [0.25, 0.3) is 5.91 Å². The summed E-state index contributed by atoms with van der Waals surface area (Å²) in [5.74, 6) is -1.18. The molecule has 1 aliphatic rings. The fourth-order valence-electron chi connectivity index (χ4n) is 2.83. The quantitative estimate of drug-likeness (QED) is 0.822. The van der Waals surface area contributed by atoms with Crippen molar-refractivity contribution in [2.24, 2.45) is 0 Å². The molecule has 1 N–H and O–H groups in total. The molecule has 26 heavy (non-hydrogen) atoms. The molecule has 0 saturated heterocycles. The second-order valence-electron chi connectivity index (χ2n) is 5.86. The average Bonchev–Trinajstić information content (AvgIpc) is 3.05. The van der Waals surface area contributed by atoms with Gasteiger partial charge in [0, 0.05) is 12.5 Å². The van der Waals surface area contributed by atoms with E-state index < -0.39 is 18.5 Å². The minimum absolute atomic E-state index is 0.160. The molecule has 0 radical (unpaired) electrons. The third kappa shape index (κ3) is 3.57. The summed E-state index contributed by atoms with van der Waals surface area (Å²) in [7, 11) is 0. The predicted octanol–water partition coefficient (Wildman–Crippen LogP) is 2.02. The minimum Gasteiger partial charge on any atom is -0.451 e. The molecule has 2 amide bonds. The van der Waals surface area contributed by atoms with Crippen LogP contribution in [0.5, 0.6) is 0 Å². The van der Waals surface area contributed by atoms with E-state index in [1.807, 2.05) is 6.92 Å². The van der Waals surface area contributed by atoms with E-state index in [-0.39, 0.29) is 18.4 Å². The summed E-state index contributed by atoms with van der Waals surface area (Å²) >= 11 is 0.947. The van der Waals surface area contributed by atoms with Gasteiger partial charge < -0.3 is 15.0 Å². The maximum Gasteiger partial charge on any atom is 0.352 e. The number of aromatic nitrogens is 2. The minimum atomic E-state index is -0.616. The lowest BCUT2D eigenvalue weighted by Crippen LogP contribution is -2.41. The Balaban J connectivity index is 1.76. The number of anilines is 2. The van der Waals surface area contributed by atoms with Gasteiger partial charge in [-0.15, -0.1) is 5.10 Å². The number of esters is 1. The third-order valence-electron chi connectivity index (χ3n) is 4.03. The Hall–Kier alpha value is -2.81. The lowest BCUT2D eigenvalue weighted by Gasteiger charge is -2.27. The van der Waals surface area contributed by atoms with Crippen molar-refractivity contribution in [3.05, 3.63) is 34.8 Å². The summed E-state index contributed by atoms with van der Waals surface area (Å²) in [6.45, 7) is 3.22. The first kappa shape index (κ1) is 18.0. The molecule has 2 aromatic rings. The van der Waals surface area contributed by atoms with Crippen molar-refractivity contribution in [1.82, 2.24) is 9.59 Å². The van der Waals surface area contributed by atoms with E-state index in [0.717, 1.165) is 11.5 Å². The topological polar surface area (TPSA) is 101 Å². The van der Waals surface area contributed by atoms with E-state index in [0.29, 0.717) is 28.4 Å². The summed E-state index contributed by atoms with van der Waals surface area (Å²) in [6.07, 6.45) is 0.715. The smallest absolute Gasteiger partial charge is 0.352 e. The number of ether oxygens (including phenoxy) is 1. The Labute approximate surface area is 154 Å². The van der Waals surface area contributed by atoms with Crippen molar-refractivity contribution < 1.29 is 19.1 Å². The molecule has 1 aromatic carbocycles. The first-order valence-electron chi connectivity index (χ1n) is 8.20. The van der Waals surface area contributed by atoms with Crippen molar-refractivity contribution in [1.29, 1.82) is 0 Å². The van der Waals surface area contributed by atoms with Gasteiger partial charge in [-0.2, -0.15) is 0 Å². The standard InChI is InChI=1S/C17H18N4O4S/c1-3-11-16(26-20-19-11)17(24)25-9-15(23)21-10(2)8-14(22)18-12-6-4-5-7-13(12)21/h4-7,10H,3,8-9H2,1-2H3,(H,18,22)/t10-/m0/s1. The second-order valence-corrected chi connectivity index (χ2v) is 6.61. The molecule has 136 valence electrons. The number of benzene rings is 1. The van der Waals surface area contributed by atoms with Crippen molar-refractivity contribution >= 4 is 40.7 Å². The van der Waals surface area contributed by atoms with E-state index >= 15 is 0 Å². The van der Waals surface area contributed by atoms with E-state index in [9.17, 15) is 14.4 Å². The Bertz CT molecular complexity index is 851. The molecule has 2 heterocycles. The number of rotatable bonds is 4. The summed E-state index contributed by atoms with van der Waals surface area (Å²) in [6, 6.07) is 6.68. The van der Waals surface area contributed by atoms with Gasteiger partial charge in [-0.3, -0.25) is 9.59 Å². The Morgan fingerprint density at radius 3 is 2.92 bits per heavy atom. The highest BCUT2D eigenvalue weighted by molar-refractivity contribution is 7.07. The van der Waals surface area contributed by atoms with Gasteiger partial charge in [0.05, 0.1) is 17.1 Å². The zero-order valence-electron chi connectivity index (χ0n) is 14.4. The van der Waals surface area contributed by atoms with Gasteiger partial charge in [-0.05, 0) is 37.0 Å². The molecule has 1 aromatic heterocycles. The maximum atomic E-state index is 12.7. The van der Waals surface area contributed by atoms with Gasteiger partial charge in [0.1, 0.15) is 0 Å². The number of carbonyl (C=O) groups is 3. The number of aryl methyl sites for hydroxylation is 1. The molecule has 0 unspecified atom stereocenters. The van der Waals surface area contributed by atoms with Crippen molar-refractivity contribution in [2.75, 3.05) is 16.8 Å². The second kappa shape index (κ2) is 7.61. The molecule has 9 heteroatoms. The van der Waals surface area contributed by atoms with Crippen LogP contribution >= 0.6 is 11.5 Å². The lowest BCUT2D eigenvalue weighted by atomic mass is 10.1. The van der Waals surface area contributed by atoms with Gasteiger partial charge in [-0.1, -0.05) is 23.5 Å². The highest BCUT2D eigenvalue weighted by Gasteiger charge is 2.30. The molecular formula is C17H18N4O4S. The monoisotopic (exact) mass is 374 g/mol. The highest BCUT2D eigenvalue weighted by atomic mass is 32.1. The third-order valence-corrected chi connectivity index (χ3v) is 4.78. The number of para-hydroxylation sites is 2. The molecule has 1 aliphatic heterocycles. The highest BCUT2D eigenvalue weighted by Crippen LogP contribution is 2.31. The maximum absolute atomic E-state index is 12.7. The van der Waals surface area contributed by atoms with Crippen LogP contribution in [-0.4, -0.2) is 40.0 Å². The molecule has 0 bridgehead atoms. The number of nitrogens with zero attached hydrogens (tertiary/aromatic N) is 3. The van der Waals surface area contributed by atoms with Crippen LogP contribution in [0.25, 0.3) is 0 Å². The molecule has 1 atom stereocenters. The summed E-state index contributed by atoms with van der Waals surface area (Å²) in [5.41, 5.74) is 1.69. The van der Waals surface area contributed by atoms with E-state index in [1.54, 1.807) is 31.2 Å². The number of hydrogen-bond donors (Lipinski definition) is 1. The fraction of sp³-hybridized carbons (Fsp3) is 0.353. The van der Waals surface area contributed by atoms with Crippen molar-refractivity contribution in [3.63, 3.8) is 0 Å². The Kier molecular flexibility index (Phi) is 5.27. The van der Waals surface area contributed by atoms with Crippen LogP contribution < -0.4 is 10.2 Å². The first-order chi connectivity index (χ1) is 12.5. The summed E-state index contributed by atoms with van der Waals surface area (Å²) in [5, 5.41) is 6.65. The summed E-state index contributed by atoms with van der Waals surface area (Å²) < 4.78 is 8.91. The number of amides is 2. The van der Waals surface area contributed by atoms with Crippen molar-refractivity contribution in [3.8, 4) is 0 Å². The molecule has 3 rings (SSSR count). The first-order valence-corrected chi connectivity index (χ1v) is 8.98. The lowest BCUT2D eigenvalue weighted by molar-refractivity contribution is -0.122. The van der Waals surface area contributed by atoms with E-state index in [4.69, 9.17) is 4.74 Å². The average molecular weight is 374 g/mol. The zero-order valence-corrected chi connectivity index (χ0v) is 15.2. The van der Waals surface area contributed by atoms with Crippen LogP contribution in [-0.2, 0) is 20.7 Å². The largest absolute Gasteiger partial charge is 0.451 e. The van der Waals surface area contributed by atoms with Crippen LogP contribution in [0.2, 0.25) is 0 Å². The fourth-order valence-corrected chi connectivity index (χ4v) is 3.47. The van der Waals surface area contributed by atoms with Crippen LogP contribution in [0.3, 0.4) is 0 Å². The van der Waals surface area contributed by atoms with E-state index in [2.05, 4.69) is 14.9 Å². The molecule has 0 aliphatic carbocycles. The number of carbonyl (C=O) groups excluding carboxylic acids is 3. The molecule has 0 spiro atoms. The zero-order chi connectivity index (χ0) is 18.7.